The average molecular weight is 882 g/mol. The van der Waals surface area contributed by atoms with Gasteiger partial charge in [-0.05, 0) is 96.1 Å². The predicted molar refractivity (Wildman–Crippen MR) is 287 cm³/mol. The second-order valence-corrected chi connectivity index (χ2v) is 17.4. The van der Waals surface area contributed by atoms with Crippen LogP contribution >= 0.6 is 0 Å². The zero-order valence-corrected chi connectivity index (χ0v) is 37.6. The van der Waals surface area contributed by atoms with Crippen molar-refractivity contribution in [2.45, 2.75) is 0 Å². The number of hydrogen-bond donors (Lipinski definition) is 0. The molecule has 0 unspecified atom stereocenters. The number of benzene rings is 10. The van der Waals surface area contributed by atoms with Gasteiger partial charge in [-0.15, -0.1) is 0 Å². The Morgan fingerprint density at radius 2 is 0.667 bits per heavy atom. The van der Waals surface area contributed by atoms with Gasteiger partial charge >= 0.3 is 0 Å². The first-order valence-corrected chi connectivity index (χ1v) is 23.4. The van der Waals surface area contributed by atoms with E-state index >= 15 is 0 Å². The van der Waals surface area contributed by atoms with Gasteiger partial charge in [0.2, 0.25) is 0 Å². The van der Waals surface area contributed by atoms with Gasteiger partial charge < -0.3 is 14.0 Å². The quantitative estimate of drug-likeness (QED) is 0.145. The van der Waals surface area contributed by atoms with Crippen molar-refractivity contribution in [3.63, 3.8) is 0 Å². The number of aromatic nitrogens is 4. The molecule has 10 aromatic carbocycles. The molecule has 324 valence electrons. The van der Waals surface area contributed by atoms with E-state index < -0.39 is 0 Å². The summed E-state index contributed by atoms with van der Waals surface area (Å²) in [5.74, 6) is 0.700. The molecule has 0 spiro atoms. The van der Waals surface area contributed by atoms with Crippen molar-refractivity contribution in [3.8, 4) is 56.4 Å². The van der Waals surface area contributed by atoms with E-state index in [1.807, 2.05) is 24.3 Å². The standard InChI is InChI=1S/C64H43N5/c1-5-19-45(20-6-1)58-43-59(66-64(65-58)47-21-7-2-8-22-47)46-35-33-44(34-36-46)48-39-52(68-60-30-16-13-27-54(60)55-28-14-17-31-61(55)68)41-53(40-48)69-62-32-18-15-29-56(62)57-42-51(37-38-63(57)69)67(49-23-9-3-10-24-49)50-25-11-4-12-26-50/h1-43H. The van der Waals surface area contributed by atoms with Gasteiger partial charge in [-0.1, -0.05) is 176 Å². The van der Waals surface area contributed by atoms with E-state index in [-0.39, 0.29) is 0 Å². The minimum absolute atomic E-state index is 0.700. The van der Waals surface area contributed by atoms with E-state index in [1.54, 1.807) is 0 Å². The van der Waals surface area contributed by atoms with Crippen molar-refractivity contribution >= 4 is 60.7 Å². The molecule has 0 radical (unpaired) electrons. The Labute approximate surface area is 400 Å². The van der Waals surface area contributed by atoms with Crippen LogP contribution in [0.5, 0.6) is 0 Å². The second-order valence-electron chi connectivity index (χ2n) is 17.4. The second kappa shape index (κ2) is 16.8. The maximum atomic E-state index is 5.14. The zero-order chi connectivity index (χ0) is 45.7. The van der Waals surface area contributed by atoms with Crippen molar-refractivity contribution in [1.82, 2.24) is 19.1 Å². The molecule has 0 saturated heterocycles. The van der Waals surface area contributed by atoms with Crippen LogP contribution in [-0.4, -0.2) is 19.1 Å². The van der Waals surface area contributed by atoms with Crippen LogP contribution in [0, 0.1) is 0 Å². The highest BCUT2D eigenvalue weighted by atomic mass is 15.1. The van der Waals surface area contributed by atoms with Gasteiger partial charge in [0.1, 0.15) is 0 Å². The average Bonchev–Trinajstić information content (AvgIpc) is 3.95. The van der Waals surface area contributed by atoms with E-state index in [4.69, 9.17) is 9.97 Å². The topological polar surface area (TPSA) is 38.9 Å². The van der Waals surface area contributed by atoms with Gasteiger partial charge in [0, 0.05) is 66.7 Å². The van der Waals surface area contributed by atoms with Crippen LogP contribution in [-0.2, 0) is 0 Å². The van der Waals surface area contributed by atoms with E-state index in [0.717, 1.165) is 89.7 Å². The molecule has 0 aliphatic heterocycles. The Bertz CT molecular complexity index is 3840. The minimum atomic E-state index is 0.700. The Morgan fingerprint density at radius 1 is 0.261 bits per heavy atom. The molecule has 3 heterocycles. The van der Waals surface area contributed by atoms with Crippen molar-refractivity contribution in [2.24, 2.45) is 0 Å². The van der Waals surface area contributed by atoms with Gasteiger partial charge in [-0.2, -0.15) is 0 Å². The smallest absolute Gasteiger partial charge is 0.160 e. The van der Waals surface area contributed by atoms with E-state index in [9.17, 15) is 0 Å². The normalized spacial score (nSPS) is 11.5. The van der Waals surface area contributed by atoms with E-state index in [1.165, 1.54) is 21.5 Å². The van der Waals surface area contributed by atoms with Crippen LogP contribution in [0.2, 0.25) is 0 Å². The summed E-state index contributed by atoms with van der Waals surface area (Å²) in [6.07, 6.45) is 0. The van der Waals surface area contributed by atoms with Gasteiger partial charge in [0.25, 0.3) is 0 Å². The molecule has 5 nitrogen and oxygen atoms in total. The number of rotatable bonds is 9. The maximum absolute atomic E-state index is 5.14. The summed E-state index contributed by atoms with van der Waals surface area (Å²) in [7, 11) is 0. The predicted octanol–water partition coefficient (Wildman–Crippen LogP) is 16.8. The van der Waals surface area contributed by atoms with Crippen LogP contribution in [0.15, 0.2) is 261 Å². The third kappa shape index (κ3) is 7.12. The van der Waals surface area contributed by atoms with Crippen molar-refractivity contribution in [2.75, 3.05) is 4.90 Å². The molecule has 13 rings (SSSR count). The van der Waals surface area contributed by atoms with Crippen molar-refractivity contribution < 1.29 is 0 Å². The molecule has 0 aliphatic carbocycles. The first kappa shape index (κ1) is 40.0. The Hall–Kier alpha value is -9.32. The third-order valence-electron chi connectivity index (χ3n) is 13.3. The first-order chi connectivity index (χ1) is 34.2. The SMILES string of the molecule is c1ccc(-c2cc(-c3ccc(-c4cc(-n5c6ccccc6c6ccccc65)cc(-n5c6ccccc6c6cc(N(c7ccccc7)c7ccccc7)ccc65)c4)cc3)nc(-c3ccccc3)n2)cc1. The molecule has 0 bridgehead atoms. The molecule has 0 fully saturated rings. The molecule has 0 amide bonds. The van der Waals surface area contributed by atoms with Gasteiger partial charge in [-0.25, -0.2) is 9.97 Å². The summed E-state index contributed by atoms with van der Waals surface area (Å²) >= 11 is 0. The fourth-order valence-corrected chi connectivity index (χ4v) is 10.1. The highest BCUT2D eigenvalue weighted by Gasteiger charge is 2.20. The highest BCUT2D eigenvalue weighted by molar-refractivity contribution is 6.12. The van der Waals surface area contributed by atoms with Crippen LogP contribution < -0.4 is 4.90 Å². The molecule has 0 aliphatic rings. The summed E-state index contributed by atoms with van der Waals surface area (Å²) < 4.78 is 4.86. The van der Waals surface area contributed by atoms with Crippen LogP contribution in [0.3, 0.4) is 0 Å². The molecule has 3 aromatic heterocycles. The largest absolute Gasteiger partial charge is 0.310 e. The first-order valence-electron chi connectivity index (χ1n) is 23.4. The van der Waals surface area contributed by atoms with Gasteiger partial charge in [-0.3, -0.25) is 0 Å². The summed E-state index contributed by atoms with van der Waals surface area (Å²) in [5.41, 5.74) is 17.1. The summed E-state index contributed by atoms with van der Waals surface area (Å²) in [6, 6.07) is 93.0. The number of anilines is 3. The third-order valence-corrected chi connectivity index (χ3v) is 13.3. The minimum Gasteiger partial charge on any atom is -0.310 e. The highest BCUT2D eigenvalue weighted by Crippen LogP contribution is 2.42. The summed E-state index contributed by atoms with van der Waals surface area (Å²) in [4.78, 5) is 12.5. The molecule has 0 saturated carbocycles. The molecule has 0 N–H and O–H groups in total. The van der Waals surface area contributed by atoms with Gasteiger partial charge in [0.15, 0.2) is 5.82 Å². The lowest BCUT2D eigenvalue weighted by Gasteiger charge is -2.25. The lowest BCUT2D eigenvalue weighted by Crippen LogP contribution is -2.09. The summed E-state index contributed by atoms with van der Waals surface area (Å²) in [5, 5.41) is 4.83. The van der Waals surface area contributed by atoms with Crippen molar-refractivity contribution in [3.05, 3.63) is 261 Å². The van der Waals surface area contributed by atoms with E-state index in [2.05, 4.69) is 251 Å². The Kier molecular flexibility index (Phi) is 9.76. The summed E-state index contributed by atoms with van der Waals surface area (Å²) in [6.45, 7) is 0. The molecular formula is C64H43N5. The van der Waals surface area contributed by atoms with Crippen LogP contribution in [0.4, 0.5) is 17.1 Å². The lowest BCUT2D eigenvalue weighted by molar-refractivity contribution is 1.13. The van der Waals surface area contributed by atoms with Crippen LogP contribution in [0.25, 0.3) is 100 Å². The number of fused-ring (bicyclic) bond motifs is 6. The Morgan fingerprint density at radius 3 is 1.19 bits per heavy atom. The number of hydrogen-bond acceptors (Lipinski definition) is 3. The Balaban J connectivity index is 1.00. The zero-order valence-electron chi connectivity index (χ0n) is 37.6. The monoisotopic (exact) mass is 881 g/mol. The van der Waals surface area contributed by atoms with Crippen molar-refractivity contribution in [1.29, 1.82) is 0 Å². The maximum Gasteiger partial charge on any atom is 0.160 e. The van der Waals surface area contributed by atoms with Gasteiger partial charge in [0.05, 0.1) is 33.5 Å². The number of nitrogens with zero attached hydrogens (tertiary/aromatic N) is 5. The van der Waals surface area contributed by atoms with Crippen LogP contribution in [0.1, 0.15) is 0 Å². The molecule has 69 heavy (non-hydrogen) atoms. The fraction of sp³-hybridized carbons (Fsp3) is 0. The number of para-hydroxylation sites is 5. The molecule has 0 atom stereocenters. The molecule has 13 aromatic rings. The lowest BCUT2D eigenvalue weighted by atomic mass is 10.0. The fourth-order valence-electron chi connectivity index (χ4n) is 10.1. The molecule has 5 heteroatoms. The van der Waals surface area contributed by atoms with E-state index in [0.29, 0.717) is 5.82 Å². The molecular weight excluding hydrogens is 839 g/mol.